The van der Waals surface area contributed by atoms with Crippen molar-refractivity contribution in [1.29, 1.82) is 0 Å². The lowest BCUT2D eigenvalue weighted by Crippen LogP contribution is -2.45. The van der Waals surface area contributed by atoms with Crippen molar-refractivity contribution in [2.45, 2.75) is 18.9 Å². The first kappa shape index (κ1) is 16.7. The Morgan fingerprint density at radius 3 is 2.75 bits per heavy atom. The van der Waals surface area contributed by atoms with Crippen molar-refractivity contribution in [2.75, 3.05) is 62.3 Å². The second-order valence-electron chi connectivity index (χ2n) is 6.17. The Balaban J connectivity index is 1.81. The monoisotopic (exact) mass is 337 g/mol. The molecule has 0 amide bonds. The quantitative estimate of drug-likeness (QED) is 0.577. The van der Waals surface area contributed by atoms with E-state index in [-0.39, 0.29) is 23.4 Å². The van der Waals surface area contributed by atoms with Gasteiger partial charge >= 0.3 is 5.69 Å². The maximum atomic E-state index is 11.3. The third-order valence-corrected chi connectivity index (χ3v) is 4.39. The summed E-state index contributed by atoms with van der Waals surface area (Å²) in [5.74, 6) is 0.483. The van der Waals surface area contributed by atoms with Gasteiger partial charge in [-0.1, -0.05) is 0 Å². The van der Waals surface area contributed by atoms with Crippen LogP contribution < -0.4 is 16.0 Å². The van der Waals surface area contributed by atoms with Crippen LogP contribution in [-0.2, 0) is 4.74 Å². The number of nitrogen functional groups attached to an aromatic ring is 1. The molecule has 24 heavy (non-hydrogen) atoms. The molecule has 2 fully saturated rings. The molecule has 1 atom stereocenters. The molecule has 0 aliphatic carbocycles. The number of nitro groups is 1. The average Bonchev–Trinajstić information content (AvgIpc) is 3.06. The molecule has 0 radical (unpaired) electrons. The summed E-state index contributed by atoms with van der Waals surface area (Å²) >= 11 is 0. The van der Waals surface area contributed by atoms with E-state index in [2.05, 4.69) is 27.2 Å². The molecule has 3 heterocycles. The highest BCUT2D eigenvalue weighted by Gasteiger charge is 2.27. The fourth-order valence-electron chi connectivity index (χ4n) is 2.93. The lowest BCUT2D eigenvalue weighted by atomic mass is 10.2. The number of nitrogens with zero attached hydrogens (tertiary/aromatic N) is 5. The van der Waals surface area contributed by atoms with Gasteiger partial charge in [0.2, 0.25) is 17.6 Å². The molecule has 1 aromatic rings. The second kappa shape index (κ2) is 7.14. The van der Waals surface area contributed by atoms with Crippen LogP contribution in [0.25, 0.3) is 0 Å². The van der Waals surface area contributed by atoms with E-state index >= 15 is 0 Å². The third kappa shape index (κ3) is 3.65. The van der Waals surface area contributed by atoms with Gasteiger partial charge in [-0.25, -0.2) is 0 Å². The van der Waals surface area contributed by atoms with E-state index in [0.717, 1.165) is 45.6 Å². The minimum absolute atomic E-state index is 0.0490. The molecule has 1 aromatic heterocycles. The third-order valence-electron chi connectivity index (χ3n) is 4.39. The molecular formula is C14H23N7O3. The molecule has 10 nitrogen and oxygen atoms in total. The van der Waals surface area contributed by atoms with E-state index in [4.69, 9.17) is 10.5 Å². The van der Waals surface area contributed by atoms with Gasteiger partial charge in [0.15, 0.2) is 0 Å². The molecule has 2 saturated heterocycles. The van der Waals surface area contributed by atoms with Crippen molar-refractivity contribution in [3.8, 4) is 0 Å². The lowest BCUT2D eigenvalue weighted by Gasteiger charge is -2.32. The average molecular weight is 337 g/mol. The lowest BCUT2D eigenvalue weighted by molar-refractivity contribution is -0.383. The highest BCUT2D eigenvalue weighted by Crippen LogP contribution is 2.30. The maximum Gasteiger partial charge on any atom is 0.353 e. The van der Waals surface area contributed by atoms with Gasteiger partial charge in [0, 0.05) is 39.3 Å². The van der Waals surface area contributed by atoms with Crippen molar-refractivity contribution < 1.29 is 9.66 Å². The smallest absolute Gasteiger partial charge is 0.353 e. The Morgan fingerprint density at radius 2 is 2.12 bits per heavy atom. The van der Waals surface area contributed by atoms with Crippen molar-refractivity contribution in [1.82, 2.24) is 14.9 Å². The summed E-state index contributed by atoms with van der Waals surface area (Å²) in [7, 11) is 2.05. The van der Waals surface area contributed by atoms with Gasteiger partial charge in [-0.15, -0.1) is 0 Å². The van der Waals surface area contributed by atoms with Gasteiger partial charge in [0.25, 0.3) is 0 Å². The van der Waals surface area contributed by atoms with Crippen LogP contribution in [0, 0.1) is 10.1 Å². The first-order valence-corrected chi connectivity index (χ1v) is 8.15. The Morgan fingerprint density at radius 1 is 1.38 bits per heavy atom. The fourth-order valence-corrected chi connectivity index (χ4v) is 2.93. The highest BCUT2D eigenvalue weighted by molar-refractivity contribution is 5.70. The largest absolute Gasteiger partial charge is 0.378 e. The minimum atomic E-state index is -0.541. The minimum Gasteiger partial charge on any atom is -0.378 e. The summed E-state index contributed by atoms with van der Waals surface area (Å²) in [6.45, 7) is 4.50. The predicted octanol–water partition coefficient (Wildman–Crippen LogP) is 0.310. The van der Waals surface area contributed by atoms with Gasteiger partial charge < -0.3 is 25.6 Å². The number of piperazine rings is 1. The predicted molar refractivity (Wildman–Crippen MR) is 90.3 cm³/mol. The number of anilines is 3. The van der Waals surface area contributed by atoms with Crippen molar-refractivity contribution >= 4 is 23.3 Å². The zero-order valence-corrected chi connectivity index (χ0v) is 13.8. The SMILES string of the molecule is CN1CCN(c2nc(N)c([N+](=O)[O-])c(NCC3CCCO3)n2)CC1. The number of aromatic nitrogens is 2. The summed E-state index contributed by atoms with van der Waals surface area (Å²) in [4.78, 5) is 23.5. The number of hydrogen-bond acceptors (Lipinski definition) is 9. The molecule has 10 heteroatoms. The van der Waals surface area contributed by atoms with Crippen LogP contribution in [0.1, 0.15) is 12.8 Å². The molecule has 0 bridgehead atoms. The van der Waals surface area contributed by atoms with Gasteiger partial charge in [-0.2, -0.15) is 9.97 Å². The molecule has 0 saturated carbocycles. The van der Waals surface area contributed by atoms with Gasteiger partial charge in [-0.3, -0.25) is 10.1 Å². The first-order valence-electron chi connectivity index (χ1n) is 8.15. The number of likely N-dealkylation sites (N-methyl/N-ethyl adjacent to an activating group) is 1. The summed E-state index contributed by atoms with van der Waals surface area (Å²) in [5.41, 5.74) is 5.57. The van der Waals surface area contributed by atoms with E-state index in [0.29, 0.717) is 12.5 Å². The first-order chi connectivity index (χ1) is 11.5. The summed E-state index contributed by atoms with van der Waals surface area (Å²) < 4.78 is 5.54. The van der Waals surface area contributed by atoms with E-state index in [1.807, 2.05) is 4.90 Å². The van der Waals surface area contributed by atoms with E-state index in [1.54, 1.807) is 0 Å². The fraction of sp³-hybridized carbons (Fsp3) is 0.714. The molecule has 2 aliphatic rings. The topological polar surface area (TPSA) is 123 Å². The standard InChI is InChI=1S/C14H23N7O3/c1-19-4-6-20(7-5-19)14-17-12(15)11(21(22)23)13(18-14)16-9-10-3-2-8-24-10/h10H,2-9H2,1H3,(H3,15,16,17,18). The molecule has 0 aromatic carbocycles. The Hall–Kier alpha value is -2.20. The molecule has 0 spiro atoms. The summed E-state index contributed by atoms with van der Waals surface area (Å²) in [5, 5.41) is 14.4. The van der Waals surface area contributed by atoms with Gasteiger partial charge in [0.05, 0.1) is 11.0 Å². The van der Waals surface area contributed by atoms with Crippen molar-refractivity contribution in [3.05, 3.63) is 10.1 Å². The molecule has 2 aliphatic heterocycles. The van der Waals surface area contributed by atoms with Crippen LogP contribution >= 0.6 is 0 Å². The Labute approximate surface area is 140 Å². The summed E-state index contributed by atoms with van der Waals surface area (Å²) in [6.07, 6.45) is 1.99. The molecule has 3 N–H and O–H groups in total. The van der Waals surface area contributed by atoms with Crippen LogP contribution in [0.15, 0.2) is 0 Å². The van der Waals surface area contributed by atoms with Crippen LogP contribution in [0.4, 0.5) is 23.3 Å². The summed E-state index contributed by atoms with van der Waals surface area (Å²) in [6, 6.07) is 0. The molecule has 1 unspecified atom stereocenters. The highest BCUT2D eigenvalue weighted by atomic mass is 16.6. The van der Waals surface area contributed by atoms with E-state index in [1.165, 1.54) is 0 Å². The molecule has 3 rings (SSSR count). The van der Waals surface area contributed by atoms with Crippen molar-refractivity contribution in [2.24, 2.45) is 0 Å². The number of nitrogens with one attached hydrogen (secondary N) is 1. The van der Waals surface area contributed by atoms with Crippen LogP contribution in [0.5, 0.6) is 0 Å². The van der Waals surface area contributed by atoms with Crippen LogP contribution in [0.2, 0.25) is 0 Å². The van der Waals surface area contributed by atoms with Crippen LogP contribution in [-0.4, -0.2) is 72.3 Å². The van der Waals surface area contributed by atoms with Gasteiger partial charge in [-0.05, 0) is 19.9 Å². The molecular weight excluding hydrogens is 314 g/mol. The van der Waals surface area contributed by atoms with E-state index in [9.17, 15) is 10.1 Å². The maximum absolute atomic E-state index is 11.3. The zero-order valence-electron chi connectivity index (χ0n) is 13.8. The number of hydrogen-bond donors (Lipinski definition) is 2. The number of nitrogens with two attached hydrogens (primary N) is 1. The van der Waals surface area contributed by atoms with Crippen molar-refractivity contribution in [3.63, 3.8) is 0 Å². The Bertz CT molecular complexity index is 598. The second-order valence-corrected chi connectivity index (χ2v) is 6.17. The molecule has 132 valence electrons. The van der Waals surface area contributed by atoms with Gasteiger partial charge in [0.1, 0.15) is 0 Å². The Kier molecular flexibility index (Phi) is 4.95. The van der Waals surface area contributed by atoms with E-state index < -0.39 is 4.92 Å². The number of rotatable bonds is 5. The zero-order chi connectivity index (χ0) is 17.1. The van der Waals surface area contributed by atoms with Crippen LogP contribution in [0.3, 0.4) is 0 Å². The number of ether oxygens (including phenoxy) is 1. The normalized spacial score (nSPS) is 21.9.